The number of carbonyl (C=O) groups excluding carboxylic acids is 2. The zero-order valence-electron chi connectivity index (χ0n) is 17.3. The number of nitrogens with zero attached hydrogens (tertiary/aromatic N) is 1. The van der Waals surface area contributed by atoms with Crippen LogP contribution in [0, 0.1) is 6.92 Å². The molecule has 7 heteroatoms. The Balaban J connectivity index is 1.47. The Labute approximate surface area is 175 Å². The molecule has 2 amide bonds. The Morgan fingerprint density at radius 1 is 1.07 bits per heavy atom. The van der Waals surface area contributed by atoms with Crippen molar-refractivity contribution in [3.63, 3.8) is 0 Å². The lowest BCUT2D eigenvalue weighted by Crippen LogP contribution is -2.44. The van der Waals surface area contributed by atoms with Crippen LogP contribution in [-0.2, 0) is 16.0 Å². The molecule has 3 aromatic rings. The zero-order chi connectivity index (χ0) is 21.5. The van der Waals surface area contributed by atoms with Crippen molar-refractivity contribution in [1.82, 2.24) is 15.8 Å². The first-order valence-electron chi connectivity index (χ1n) is 9.73. The molecule has 0 aliphatic carbocycles. The van der Waals surface area contributed by atoms with Crippen LogP contribution in [0.1, 0.15) is 36.6 Å². The number of hydrogen-bond donors (Lipinski definition) is 2. The number of rotatable bonds is 7. The van der Waals surface area contributed by atoms with Crippen molar-refractivity contribution in [2.75, 3.05) is 6.61 Å². The topological polar surface area (TPSA) is 93.5 Å². The van der Waals surface area contributed by atoms with Gasteiger partial charge in [-0.3, -0.25) is 20.4 Å². The van der Waals surface area contributed by atoms with Crippen LogP contribution in [-0.4, -0.2) is 23.4 Å². The maximum Gasteiger partial charge on any atom is 0.276 e. The van der Waals surface area contributed by atoms with Gasteiger partial charge in [0, 0.05) is 5.56 Å². The van der Waals surface area contributed by atoms with Gasteiger partial charge in [0.2, 0.25) is 11.8 Å². The largest absolute Gasteiger partial charge is 0.483 e. The van der Waals surface area contributed by atoms with Gasteiger partial charge in [-0.2, -0.15) is 0 Å². The molecule has 3 rings (SSSR count). The van der Waals surface area contributed by atoms with E-state index in [4.69, 9.17) is 9.15 Å². The Hall–Kier alpha value is -3.61. The second-order valence-electron chi connectivity index (χ2n) is 7.27. The summed E-state index contributed by atoms with van der Waals surface area (Å²) in [6.45, 7) is 5.88. The van der Waals surface area contributed by atoms with E-state index in [1.54, 1.807) is 0 Å². The molecular weight excluding hydrogens is 382 g/mol. The minimum atomic E-state index is -0.454. The molecule has 0 saturated heterocycles. The van der Waals surface area contributed by atoms with Gasteiger partial charge in [-0.25, -0.2) is 4.98 Å². The summed E-state index contributed by atoms with van der Waals surface area (Å²) in [5, 5.41) is 0. The summed E-state index contributed by atoms with van der Waals surface area (Å²) in [6.07, 6.45) is 1.41. The molecule has 30 heavy (non-hydrogen) atoms. The Kier molecular flexibility index (Phi) is 6.85. The molecule has 0 saturated carbocycles. The molecule has 0 atom stereocenters. The third-order valence-corrected chi connectivity index (χ3v) is 4.41. The summed E-state index contributed by atoms with van der Waals surface area (Å²) in [4.78, 5) is 28.4. The third kappa shape index (κ3) is 5.70. The summed E-state index contributed by atoms with van der Waals surface area (Å²) in [5.74, 6) is 0.517. The van der Waals surface area contributed by atoms with Gasteiger partial charge in [0.15, 0.2) is 6.61 Å². The number of amides is 2. The van der Waals surface area contributed by atoms with Gasteiger partial charge in [0.25, 0.3) is 5.91 Å². The SMILES string of the molecule is Cc1ccc(C(C)C)c(OCC(=O)NNC(=O)Cc2coc(-c3ccccc3)n2)c1. The lowest BCUT2D eigenvalue weighted by Gasteiger charge is -2.15. The van der Waals surface area contributed by atoms with Crippen molar-refractivity contribution in [2.24, 2.45) is 0 Å². The maximum atomic E-state index is 12.1. The molecule has 1 heterocycles. The predicted molar refractivity (Wildman–Crippen MR) is 113 cm³/mol. The second-order valence-corrected chi connectivity index (χ2v) is 7.27. The number of oxazole rings is 1. The highest BCUT2D eigenvalue weighted by molar-refractivity contribution is 5.83. The standard InChI is InChI=1S/C23H25N3O4/c1-15(2)19-10-9-16(3)11-20(19)29-14-22(28)26-25-21(27)12-18-13-30-23(24-18)17-7-5-4-6-8-17/h4-11,13,15H,12,14H2,1-3H3,(H,25,27)(H,26,28). The first-order valence-corrected chi connectivity index (χ1v) is 9.73. The number of hydrogen-bond acceptors (Lipinski definition) is 5. The minimum absolute atomic E-state index is 0.0210. The number of hydrazine groups is 1. The second kappa shape index (κ2) is 9.73. The van der Waals surface area contributed by atoms with E-state index in [2.05, 4.69) is 29.7 Å². The molecule has 0 radical (unpaired) electrons. The van der Waals surface area contributed by atoms with E-state index in [0.717, 1.165) is 16.7 Å². The normalized spacial score (nSPS) is 10.7. The van der Waals surface area contributed by atoms with E-state index in [9.17, 15) is 9.59 Å². The van der Waals surface area contributed by atoms with Crippen molar-refractivity contribution in [1.29, 1.82) is 0 Å². The number of nitrogens with one attached hydrogen (secondary N) is 2. The Bertz CT molecular complexity index is 1010. The fourth-order valence-corrected chi connectivity index (χ4v) is 2.87. The summed E-state index contributed by atoms with van der Waals surface area (Å²) in [6, 6.07) is 15.3. The van der Waals surface area contributed by atoms with E-state index in [-0.39, 0.29) is 18.9 Å². The third-order valence-electron chi connectivity index (χ3n) is 4.41. The van der Waals surface area contributed by atoms with Gasteiger partial charge >= 0.3 is 0 Å². The van der Waals surface area contributed by atoms with Crippen molar-refractivity contribution in [2.45, 2.75) is 33.1 Å². The van der Waals surface area contributed by atoms with Crippen LogP contribution in [0.2, 0.25) is 0 Å². The molecule has 2 N–H and O–H groups in total. The monoisotopic (exact) mass is 407 g/mol. The summed E-state index contributed by atoms with van der Waals surface area (Å²) < 4.78 is 11.1. The van der Waals surface area contributed by atoms with Gasteiger partial charge in [0.1, 0.15) is 12.0 Å². The van der Waals surface area contributed by atoms with Crippen LogP contribution in [0.3, 0.4) is 0 Å². The van der Waals surface area contributed by atoms with Crippen LogP contribution in [0.25, 0.3) is 11.5 Å². The number of aromatic nitrogens is 1. The van der Waals surface area contributed by atoms with Crippen LogP contribution < -0.4 is 15.6 Å². The molecule has 0 spiro atoms. The molecule has 0 unspecified atom stereocenters. The first kappa shape index (κ1) is 21.1. The minimum Gasteiger partial charge on any atom is -0.483 e. The van der Waals surface area contributed by atoms with Gasteiger partial charge < -0.3 is 9.15 Å². The highest BCUT2D eigenvalue weighted by Crippen LogP contribution is 2.27. The zero-order valence-corrected chi connectivity index (χ0v) is 17.3. The van der Waals surface area contributed by atoms with Gasteiger partial charge in [-0.15, -0.1) is 0 Å². The van der Waals surface area contributed by atoms with Crippen molar-refractivity contribution < 1.29 is 18.7 Å². The van der Waals surface area contributed by atoms with Crippen LogP contribution >= 0.6 is 0 Å². The fourth-order valence-electron chi connectivity index (χ4n) is 2.87. The quantitative estimate of drug-likeness (QED) is 0.584. The van der Waals surface area contributed by atoms with Crippen molar-refractivity contribution in [3.8, 4) is 17.2 Å². The van der Waals surface area contributed by atoms with Crippen molar-refractivity contribution in [3.05, 3.63) is 71.6 Å². The molecule has 0 fully saturated rings. The lowest BCUT2D eigenvalue weighted by atomic mass is 10.0. The Morgan fingerprint density at radius 3 is 2.53 bits per heavy atom. The number of aryl methyl sites for hydroxylation is 1. The molecule has 0 aliphatic heterocycles. The molecule has 0 bridgehead atoms. The van der Waals surface area contributed by atoms with E-state index < -0.39 is 11.8 Å². The fraction of sp³-hybridized carbons (Fsp3) is 0.261. The number of ether oxygens (including phenoxy) is 1. The molecule has 1 aromatic heterocycles. The van der Waals surface area contributed by atoms with E-state index in [0.29, 0.717) is 17.3 Å². The smallest absolute Gasteiger partial charge is 0.276 e. The van der Waals surface area contributed by atoms with Crippen LogP contribution in [0.4, 0.5) is 0 Å². The van der Waals surface area contributed by atoms with E-state index in [1.807, 2.05) is 55.5 Å². The Morgan fingerprint density at radius 2 is 1.80 bits per heavy atom. The van der Waals surface area contributed by atoms with Crippen molar-refractivity contribution >= 4 is 11.8 Å². The molecule has 7 nitrogen and oxygen atoms in total. The van der Waals surface area contributed by atoms with E-state index in [1.165, 1.54) is 6.26 Å². The molecule has 0 aliphatic rings. The molecule has 2 aromatic carbocycles. The number of carbonyl (C=O) groups is 2. The summed E-state index contributed by atoms with van der Waals surface area (Å²) in [7, 11) is 0. The highest BCUT2D eigenvalue weighted by Gasteiger charge is 2.13. The van der Waals surface area contributed by atoms with Gasteiger partial charge in [-0.05, 0) is 42.2 Å². The number of benzene rings is 2. The van der Waals surface area contributed by atoms with Crippen LogP contribution in [0.15, 0.2) is 59.2 Å². The summed E-state index contributed by atoms with van der Waals surface area (Å²) in [5.41, 5.74) is 8.09. The molecular formula is C23H25N3O4. The lowest BCUT2D eigenvalue weighted by molar-refractivity contribution is -0.129. The average Bonchev–Trinajstić information content (AvgIpc) is 3.19. The highest BCUT2D eigenvalue weighted by atomic mass is 16.5. The average molecular weight is 407 g/mol. The summed E-state index contributed by atoms with van der Waals surface area (Å²) >= 11 is 0. The van der Waals surface area contributed by atoms with E-state index >= 15 is 0 Å². The van der Waals surface area contributed by atoms with Gasteiger partial charge in [-0.1, -0.05) is 44.2 Å². The maximum absolute atomic E-state index is 12.1. The first-order chi connectivity index (χ1) is 14.4. The van der Waals surface area contributed by atoms with Gasteiger partial charge in [0.05, 0.1) is 12.1 Å². The predicted octanol–water partition coefficient (Wildman–Crippen LogP) is 3.54. The molecule has 156 valence electrons. The van der Waals surface area contributed by atoms with Crippen LogP contribution in [0.5, 0.6) is 5.75 Å².